The van der Waals surface area contributed by atoms with Crippen molar-refractivity contribution in [3.8, 4) is 5.75 Å². The van der Waals surface area contributed by atoms with Crippen molar-refractivity contribution < 1.29 is 14.3 Å². The average molecular weight is 545 g/mol. The summed E-state index contributed by atoms with van der Waals surface area (Å²) in [6, 6.07) is 5.20. The Labute approximate surface area is 237 Å². The van der Waals surface area contributed by atoms with Crippen molar-refractivity contribution in [2.45, 2.75) is 138 Å². The molecule has 1 aromatic carbocycles. The van der Waals surface area contributed by atoms with Gasteiger partial charge in [-0.15, -0.1) is 0 Å². The van der Waals surface area contributed by atoms with E-state index in [9.17, 15) is 15.0 Å². The number of hydrogen-bond donors (Lipinski definition) is 0. The highest BCUT2D eigenvalue weighted by Crippen LogP contribution is 2.35. The molecule has 0 saturated carbocycles. The summed E-state index contributed by atoms with van der Waals surface area (Å²) < 4.78 is 6.18. The van der Waals surface area contributed by atoms with E-state index in [1.54, 1.807) is 23.1 Å². The number of anilines is 1. The fourth-order valence-electron chi connectivity index (χ4n) is 5.73. The lowest BCUT2D eigenvalue weighted by Crippen LogP contribution is -2.60. The van der Waals surface area contributed by atoms with Crippen LogP contribution in [0.1, 0.15) is 110 Å². The summed E-state index contributed by atoms with van der Waals surface area (Å²) in [7, 11) is 0. The summed E-state index contributed by atoms with van der Waals surface area (Å²) in [5, 5.41) is 9.61. The van der Waals surface area contributed by atoms with E-state index >= 15 is 0 Å². The summed E-state index contributed by atoms with van der Waals surface area (Å²) in [5.41, 5.74) is -0.723. The molecule has 220 valence electrons. The molecular formula is C31H54N5O3+. The predicted molar refractivity (Wildman–Crippen MR) is 161 cm³/mol. The van der Waals surface area contributed by atoms with Crippen LogP contribution in [0.3, 0.4) is 0 Å². The number of ether oxygens (including phenoxy) is 1. The Balaban J connectivity index is 3.68. The second-order valence-corrected chi connectivity index (χ2v) is 14.3. The predicted octanol–water partition coefficient (Wildman–Crippen LogP) is 7.40. The molecular weight excluding hydrogens is 490 g/mol. The van der Waals surface area contributed by atoms with Crippen LogP contribution in [0.2, 0.25) is 0 Å². The van der Waals surface area contributed by atoms with E-state index in [1.165, 1.54) is 0 Å². The van der Waals surface area contributed by atoms with Crippen LogP contribution >= 0.6 is 0 Å². The highest BCUT2D eigenvalue weighted by molar-refractivity contribution is 5.88. The molecule has 0 aromatic heterocycles. The molecule has 1 rings (SSSR count). The van der Waals surface area contributed by atoms with Gasteiger partial charge in [0.05, 0.1) is 19.2 Å². The third-order valence-corrected chi connectivity index (χ3v) is 6.45. The Hall–Kier alpha value is -2.82. The molecule has 0 fully saturated rings. The van der Waals surface area contributed by atoms with Gasteiger partial charge in [0.2, 0.25) is 23.0 Å². The summed E-state index contributed by atoms with van der Waals surface area (Å²) in [4.78, 5) is 36.8. The maximum Gasteiger partial charge on any atom is 0.426 e. The van der Waals surface area contributed by atoms with Crippen molar-refractivity contribution in [2.24, 2.45) is 0 Å². The van der Waals surface area contributed by atoms with Gasteiger partial charge in [-0.2, -0.15) is 0 Å². The van der Waals surface area contributed by atoms with E-state index in [2.05, 4.69) is 4.98 Å². The fourth-order valence-corrected chi connectivity index (χ4v) is 5.73. The Bertz CT molecular complexity index is 955. The van der Waals surface area contributed by atoms with Crippen molar-refractivity contribution in [3.05, 3.63) is 23.2 Å². The Morgan fingerprint density at radius 2 is 1.15 bits per heavy atom. The first-order valence-corrected chi connectivity index (χ1v) is 14.1. The van der Waals surface area contributed by atoms with Crippen LogP contribution in [-0.4, -0.2) is 63.0 Å². The summed E-state index contributed by atoms with van der Waals surface area (Å²) in [5.74, 6) is 0.249. The normalized spacial score (nSPS) is 12.7. The molecule has 2 amide bonds. The number of diazo groups is 1. The second kappa shape index (κ2) is 12.6. The molecule has 0 aliphatic rings. The maximum atomic E-state index is 13.9. The molecule has 1 aromatic rings. The number of carbonyl (C=O) groups excluding carboxylic acids is 2. The van der Waals surface area contributed by atoms with Gasteiger partial charge >= 0.3 is 5.69 Å². The van der Waals surface area contributed by atoms with E-state index in [1.807, 2.05) is 107 Å². The zero-order valence-corrected chi connectivity index (χ0v) is 27.1. The topological polar surface area (TPSA) is 81.2 Å². The van der Waals surface area contributed by atoms with Crippen LogP contribution in [0.25, 0.3) is 4.98 Å². The molecule has 39 heavy (non-hydrogen) atoms. The smallest absolute Gasteiger partial charge is 0.426 e. The van der Waals surface area contributed by atoms with Crippen molar-refractivity contribution in [2.75, 3.05) is 18.0 Å². The molecule has 0 aliphatic carbocycles. The third kappa shape index (κ3) is 9.40. The van der Waals surface area contributed by atoms with Gasteiger partial charge in [-0.05, 0) is 102 Å². The van der Waals surface area contributed by atoms with Gasteiger partial charge in [0, 0.05) is 40.0 Å². The minimum Gasteiger partial charge on any atom is -0.483 e. The van der Waals surface area contributed by atoms with E-state index in [-0.39, 0.29) is 31.0 Å². The molecule has 0 spiro atoms. The van der Waals surface area contributed by atoms with Crippen LogP contribution in [0.4, 0.5) is 11.4 Å². The van der Waals surface area contributed by atoms with Gasteiger partial charge in [-0.3, -0.25) is 9.59 Å². The van der Waals surface area contributed by atoms with Crippen molar-refractivity contribution in [1.29, 1.82) is 5.39 Å². The van der Waals surface area contributed by atoms with Gasteiger partial charge in [-0.1, -0.05) is 13.8 Å². The van der Waals surface area contributed by atoms with Gasteiger partial charge in [0.25, 0.3) is 0 Å². The number of benzene rings is 1. The Morgan fingerprint density at radius 1 is 0.769 bits per heavy atom. The first kappa shape index (κ1) is 34.2. The minimum absolute atomic E-state index is 0.00242. The first-order chi connectivity index (χ1) is 17.6. The maximum absolute atomic E-state index is 13.9. The average Bonchev–Trinajstić information content (AvgIpc) is 2.72. The minimum atomic E-state index is -0.419. The highest BCUT2D eigenvalue weighted by Gasteiger charge is 2.39. The third-order valence-electron chi connectivity index (χ3n) is 6.45. The summed E-state index contributed by atoms with van der Waals surface area (Å²) >= 11 is 0. The molecule has 0 unspecified atom stereocenters. The Kier molecular flexibility index (Phi) is 11.0. The summed E-state index contributed by atoms with van der Waals surface area (Å²) in [6.07, 6.45) is 1.54. The van der Waals surface area contributed by atoms with E-state index < -0.39 is 22.2 Å². The molecule has 0 atom stereocenters. The number of amides is 2. The highest BCUT2D eigenvalue weighted by atomic mass is 16.5. The Morgan fingerprint density at radius 3 is 1.46 bits per heavy atom. The molecule has 8 nitrogen and oxygen atoms in total. The van der Waals surface area contributed by atoms with Crippen molar-refractivity contribution in [3.63, 3.8) is 0 Å². The fraction of sp³-hybridized carbons (Fsp3) is 0.742. The van der Waals surface area contributed by atoms with Gasteiger partial charge < -0.3 is 19.4 Å². The lowest BCUT2D eigenvalue weighted by Gasteiger charge is -2.47. The van der Waals surface area contributed by atoms with Crippen LogP contribution in [0.15, 0.2) is 18.2 Å². The standard InChI is InChI=1S/C31H54N5O3/c1-15-23(16-2)39-25-19-22(17-18-24(25)33-32)34(20-26(37)35(28(3,4)5)29(6,7)8)21-27(38)36(30(9,10)11)31(12,13)14/h17-19,23H,15-16,20-21H2,1-14H3/q+1. The first-order valence-electron chi connectivity index (χ1n) is 14.1. The SMILES string of the molecule is CCC(CC)Oc1cc(N(CC(=O)N(C(C)(C)C)C(C)(C)C)CC(=O)N(C(C)(C)C)C(C)(C)C)ccc1[N+]#N. The quantitative estimate of drug-likeness (QED) is 0.303. The second-order valence-electron chi connectivity index (χ2n) is 14.3. The molecule has 0 N–H and O–H groups in total. The molecule has 0 radical (unpaired) electrons. The van der Waals surface area contributed by atoms with E-state index in [4.69, 9.17) is 4.74 Å². The van der Waals surface area contributed by atoms with E-state index in [0.29, 0.717) is 17.1 Å². The van der Waals surface area contributed by atoms with Gasteiger partial charge in [-0.25, -0.2) is 0 Å². The molecule has 0 aliphatic heterocycles. The number of carbonyl (C=O) groups is 2. The van der Waals surface area contributed by atoms with Gasteiger partial charge in [0.15, 0.2) is 4.98 Å². The molecule has 0 heterocycles. The van der Waals surface area contributed by atoms with Crippen LogP contribution in [0.5, 0.6) is 5.75 Å². The largest absolute Gasteiger partial charge is 0.483 e. The van der Waals surface area contributed by atoms with Gasteiger partial charge in [0.1, 0.15) is 0 Å². The molecule has 8 heteroatoms. The molecule has 0 saturated heterocycles. The zero-order valence-electron chi connectivity index (χ0n) is 27.1. The lowest BCUT2D eigenvalue weighted by molar-refractivity contribution is -0.142. The summed E-state index contributed by atoms with van der Waals surface area (Å²) in [6.45, 7) is 28.3. The van der Waals surface area contributed by atoms with Crippen LogP contribution < -0.4 is 9.64 Å². The zero-order chi connectivity index (χ0) is 30.6. The van der Waals surface area contributed by atoms with Crippen molar-refractivity contribution >= 4 is 23.2 Å². The van der Waals surface area contributed by atoms with E-state index in [0.717, 1.165) is 12.8 Å². The van der Waals surface area contributed by atoms with Crippen molar-refractivity contribution in [1.82, 2.24) is 9.80 Å². The number of rotatable bonds is 9. The number of hydrogen-bond acceptors (Lipinski definition) is 5. The monoisotopic (exact) mass is 544 g/mol. The lowest BCUT2D eigenvalue weighted by atomic mass is 9.95. The molecule has 0 bridgehead atoms. The van der Waals surface area contributed by atoms with Crippen LogP contribution in [-0.2, 0) is 9.59 Å². The van der Waals surface area contributed by atoms with Crippen LogP contribution in [0, 0.1) is 5.39 Å². The number of nitrogens with zero attached hydrogens (tertiary/aromatic N) is 5.